The molecule has 12 heteroatoms. The van der Waals surface area contributed by atoms with Gasteiger partial charge in [-0.2, -0.15) is 41.3 Å². The Kier molecular flexibility index (Phi) is 7.62. The maximum Gasteiger partial charge on any atom is 0.416 e. The number of benzene rings is 2. The lowest BCUT2D eigenvalue weighted by Gasteiger charge is -2.10. The van der Waals surface area contributed by atoms with Crippen LogP contribution < -0.4 is 10.6 Å². The van der Waals surface area contributed by atoms with Crippen molar-refractivity contribution in [3.63, 3.8) is 0 Å². The number of hydrogen-bond donors (Lipinski definition) is 2. The monoisotopic (exact) mass is 489 g/mol. The van der Waals surface area contributed by atoms with Crippen LogP contribution in [0.5, 0.6) is 0 Å². The Morgan fingerprint density at radius 1 is 0.606 bits per heavy atom. The van der Waals surface area contributed by atoms with E-state index in [0.29, 0.717) is 37.1 Å². The van der Waals surface area contributed by atoms with Crippen LogP contribution in [0.25, 0.3) is 0 Å². The number of hydrogen-bond acceptors (Lipinski definition) is 5. The Morgan fingerprint density at radius 2 is 0.970 bits per heavy atom. The Bertz CT molecular complexity index is 971. The molecule has 2 N–H and O–H groups in total. The number of nitrogens with one attached hydrogen (secondary N) is 2. The summed E-state index contributed by atoms with van der Waals surface area (Å²) < 4.78 is 75.7. The van der Waals surface area contributed by atoms with E-state index in [2.05, 4.69) is 25.6 Å². The molecule has 176 valence electrons. The Hall–Kier alpha value is -3.08. The van der Waals surface area contributed by atoms with E-state index < -0.39 is 23.5 Å². The van der Waals surface area contributed by atoms with Crippen LogP contribution in [-0.2, 0) is 25.2 Å². The molecule has 0 aliphatic heterocycles. The van der Waals surface area contributed by atoms with Crippen molar-refractivity contribution in [2.24, 2.45) is 0 Å². The minimum atomic E-state index is -4.38. The number of alkyl halides is 6. The molecule has 0 radical (unpaired) electrons. The van der Waals surface area contributed by atoms with Crippen LogP contribution >= 0.6 is 11.6 Å². The van der Waals surface area contributed by atoms with Crippen molar-refractivity contribution in [2.45, 2.75) is 25.2 Å². The van der Waals surface area contributed by atoms with Gasteiger partial charge in [0.05, 0.1) is 11.1 Å². The fourth-order valence-corrected chi connectivity index (χ4v) is 3.03. The average Bonchev–Trinajstić information content (AvgIpc) is 2.73. The highest BCUT2D eigenvalue weighted by atomic mass is 35.5. The zero-order valence-electron chi connectivity index (χ0n) is 16.9. The number of rotatable bonds is 8. The van der Waals surface area contributed by atoms with Gasteiger partial charge in [0, 0.05) is 13.1 Å². The molecule has 0 bridgehead atoms. The lowest BCUT2D eigenvalue weighted by molar-refractivity contribution is -0.138. The molecule has 0 amide bonds. The van der Waals surface area contributed by atoms with Crippen LogP contribution in [0.2, 0.25) is 5.28 Å². The number of halogens is 7. The molecular formula is C21H18ClF6N5. The SMILES string of the molecule is FC(F)(F)c1ccc(CCNc2nc(Cl)nc(NCCc3ccc(C(F)(F)F)cc3)n2)cc1. The van der Waals surface area contributed by atoms with Crippen LogP contribution in [0.15, 0.2) is 48.5 Å². The molecule has 33 heavy (non-hydrogen) atoms. The second-order valence-corrected chi connectivity index (χ2v) is 7.33. The summed E-state index contributed by atoms with van der Waals surface area (Å²) >= 11 is 5.91. The fourth-order valence-electron chi connectivity index (χ4n) is 2.87. The standard InChI is InChI=1S/C21H18ClF6N5/c22-17-31-18(29-11-9-13-1-5-15(6-2-13)20(23,24)25)33-19(32-17)30-12-10-14-3-7-16(8-4-14)21(26,27)28/h1-8H,9-12H2,(H2,29,30,31,32,33). The van der Waals surface area contributed by atoms with Crippen LogP contribution in [0.3, 0.4) is 0 Å². The molecule has 3 rings (SSSR count). The van der Waals surface area contributed by atoms with Crippen molar-refractivity contribution in [2.75, 3.05) is 23.7 Å². The lowest BCUT2D eigenvalue weighted by atomic mass is 10.1. The summed E-state index contributed by atoms with van der Waals surface area (Å²) in [6.07, 6.45) is -7.90. The second-order valence-electron chi connectivity index (χ2n) is 6.99. The van der Waals surface area contributed by atoms with E-state index in [9.17, 15) is 26.3 Å². The summed E-state index contributed by atoms with van der Waals surface area (Å²) in [7, 11) is 0. The summed E-state index contributed by atoms with van der Waals surface area (Å²) in [5.41, 5.74) is -0.0259. The number of anilines is 2. The molecule has 0 aliphatic carbocycles. The minimum absolute atomic E-state index is 0.0703. The van der Waals surface area contributed by atoms with Gasteiger partial charge in [0.15, 0.2) is 0 Å². The van der Waals surface area contributed by atoms with E-state index in [1.165, 1.54) is 24.3 Å². The van der Waals surface area contributed by atoms with Crippen LogP contribution in [0.4, 0.5) is 38.2 Å². The highest BCUT2D eigenvalue weighted by Crippen LogP contribution is 2.30. The smallest absolute Gasteiger partial charge is 0.354 e. The summed E-state index contributed by atoms with van der Waals surface area (Å²) in [5.74, 6) is 0.359. The first-order valence-corrected chi connectivity index (χ1v) is 10.1. The molecule has 0 saturated heterocycles. The maximum atomic E-state index is 12.6. The van der Waals surface area contributed by atoms with Gasteiger partial charge in [0.2, 0.25) is 17.2 Å². The van der Waals surface area contributed by atoms with Gasteiger partial charge in [-0.05, 0) is 59.8 Å². The zero-order chi connectivity index (χ0) is 24.1. The molecule has 0 atom stereocenters. The Labute approximate surface area is 190 Å². The van der Waals surface area contributed by atoms with Gasteiger partial charge < -0.3 is 10.6 Å². The van der Waals surface area contributed by atoms with Gasteiger partial charge in [-0.15, -0.1) is 0 Å². The van der Waals surface area contributed by atoms with E-state index in [0.717, 1.165) is 24.3 Å². The molecule has 1 aromatic heterocycles. The molecule has 3 aromatic rings. The first-order chi connectivity index (χ1) is 15.5. The van der Waals surface area contributed by atoms with Gasteiger partial charge in [-0.3, -0.25) is 0 Å². The van der Waals surface area contributed by atoms with Gasteiger partial charge in [-0.1, -0.05) is 24.3 Å². The van der Waals surface area contributed by atoms with Gasteiger partial charge in [0.1, 0.15) is 0 Å². The molecule has 1 heterocycles. The Balaban J connectivity index is 1.50. The summed E-state index contributed by atoms with van der Waals surface area (Å²) in [6.45, 7) is 0.688. The first kappa shape index (κ1) is 24.6. The van der Waals surface area contributed by atoms with Crippen molar-refractivity contribution < 1.29 is 26.3 Å². The molecular weight excluding hydrogens is 472 g/mol. The molecule has 0 unspecified atom stereocenters. The van der Waals surface area contributed by atoms with E-state index in [-0.39, 0.29) is 17.2 Å². The zero-order valence-corrected chi connectivity index (χ0v) is 17.7. The second kappa shape index (κ2) is 10.2. The third-order valence-corrected chi connectivity index (χ3v) is 4.73. The molecule has 0 saturated carbocycles. The predicted octanol–water partition coefficient (Wildman–Crippen LogP) is 5.87. The van der Waals surface area contributed by atoms with Crippen molar-refractivity contribution in [1.29, 1.82) is 0 Å². The van der Waals surface area contributed by atoms with Gasteiger partial charge in [0.25, 0.3) is 0 Å². The highest BCUT2D eigenvalue weighted by molar-refractivity contribution is 6.28. The maximum absolute atomic E-state index is 12.6. The quantitative estimate of drug-likeness (QED) is 0.387. The lowest BCUT2D eigenvalue weighted by Crippen LogP contribution is -2.13. The van der Waals surface area contributed by atoms with Crippen molar-refractivity contribution in [1.82, 2.24) is 15.0 Å². The van der Waals surface area contributed by atoms with E-state index in [1.54, 1.807) is 0 Å². The van der Waals surface area contributed by atoms with Crippen molar-refractivity contribution >= 4 is 23.5 Å². The van der Waals surface area contributed by atoms with Crippen LogP contribution in [0.1, 0.15) is 22.3 Å². The topological polar surface area (TPSA) is 62.7 Å². The molecule has 0 fully saturated rings. The van der Waals surface area contributed by atoms with Crippen LogP contribution in [-0.4, -0.2) is 28.0 Å². The van der Waals surface area contributed by atoms with Gasteiger partial charge >= 0.3 is 12.4 Å². The van der Waals surface area contributed by atoms with E-state index in [1.807, 2.05) is 0 Å². The fraction of sp³-hybridized carbons (Fsp3) is 0.286. The predicted molar refractivity (Wildman–Crippen MR) is 112 cm³/mol. The van der Waals surface area contributed by atoms with E-state index in [4.69, 9.17) is 11.6 Å². The number of aromatic nitrogens is 3. The van der Waals surface area contributed by atoms with Gasteiger partial charge in [-0.25, -0.2) is 0 Å². The Morgan fingerprint density at radius 3 is 1.30 bits per heavy atom. The van der Waals surface area contributed by atoms with Crippen LogP contribution in [0, 0.1) is 0 Å². The summed E-state index contributed by atoms with van der Waals surface area (Å²) in [6, 6.07) is 9.69. The summed E-state index contributed by atoms with van der Waals surface area (Å²) in [4.78, 5) is 12.1. The largest absolute Gasteiger partial charge is 0.416 e. The molecule has 0 spiro atoms. The summed E-state index contributed by atoms with van der Waals surface area (Å²) in [5, 5.41) is 5.79. The van der Waals surface area contributed by atoms with Crippen molar-refractivity contribution in [3.05, 3.63) is 76.1 Å². The highest BCUT2D eigenvalue weighted by Gasteiger charge is 2.30. The minimum Gasteiger partial charge on any atom is -0.354 e. The van der Waals surface area contributed by atoms with Crippen molar-refractivity contribution in [3.8, 4) is 0 Å². The number of nitrogens with zero attached hydrogens (tertiary/aromatic N) is 3. The first-order valence-electron chi connectivity index (χ1n) is 9.72. The molecule has 5 nitrogen and oxygen atoms in total. The normalized spacial score (nSPS) is 12.0. The average molecular weight is 490 g/mol. The molecule has 0 aliphatic rings. The molecule has 2 aromatic carbocycles. The third-order valence-electron chi connectivity index (χ3n) is 4.56. The van der Waals surface area contributed by atoms with E-state index >= 15 is 0 Å². The third kappa shape index (κ3) is 7.48.